The zero-order chi connectivity index (χ0) is 12.0. The largest absolute Gasteiger partial charge is 0.310 e. The van der Waals surface area contributed by atoms with Crippen molar-refractivity contribution in [1.29, 1.82) is 0 Å². The van der Waals surface area contributed by atoms with Crippen LogP contribution in [0.4, 0.5) is 0 Å². The number of nitrogens with one attached hydrogen (secondary N) is 1. The maximum atomic E-state index is 6.18. The van der Waals surface area contributed by atoms with Gasteiger partial charge in [0.1, 0.15) is 0 Å². The van der Waals surface area contributed by atoms with Crippen molar-refractivity contribution in [2.24, 2.45) is 0 Å². The average molecular weight is 258 g/mol. The van der Waals surface area contributed by atoms with Crippen LogP contribution in [0, 0.1) is 0 Å². The van der Waals surface area contributed by atoms with Gasteiger partial charge in [-0.05, 0) is 43.1 Å². The van der Waals surface area contributed by atoms with Gasteiger partial charge in [-0.15, -0.1) is 6.58 Å². The van der Waals surface area contributed by atoms with Crippen LogP contribution < -0.4 is 5.32 Å². The smallest absolute Gasteiger partial charge is 0.0454 e. The molecular weight excluding hydrogens is 241 g/mol. The van der Waals surface area contributed by atoms with Gasteiger partial charge >= 0.3 is 0 Å². The molecule has 0 amide bonds. The minimum atomic E-state index is 0.245. The Morgan fingerprint density at radius 1 is 1.44 bits per heavy atom. The summed E-state index contributed by atoms with van der Waals surface area (Å²) in [5.74, 6) is 0. The fourth-order valence-corrected chi connectivity index (χ4v) is 2.11. The lowest BCUT2D eigenvalue weighted by Crippen LogP contribution is -2.21. The van der Waals surface area contributed by atoms with Crippen molar-refractivity contribution in [3.63, 3.8) is 0 Å². The Morgan fingerprint density at radius 3 is 2.81 bits per heavy atom. The summed E-state index contributed by atoms with van der Waals surface area (Å²) in [5.41, 5.74) is 1.07. The first kappa shape index (κ1) is 13.6. The molecule has 0 fully saturated rings. The fourth-order valence-electron chi connectivity index (χ4n) is 1.68. The Labute approximate surface area is 107 Å². The molecule has 0 saturated carbocycles. The van der Waals surface area contributed by atoms with Gasteiger partial charge in [0, 0.05) is 16.1 Å². The minimum absolute atomic E-state index is 0.245. The molecule has 88 valence electrons. The van der Waals surface area contributed by atoms with Gasteiger partial charge in [-0.2, -0.15) is 0 Å². The number of hydrogen-bond donors (Lipinski definition) is 1. The first-order chi connectivity index (χ1) is 7.69. The molecule has 1 N–H and O–H groups in total. The Bertz CT molecular complexity index is 350. The Morgan fingerprint density at radius 2 is 2.19 bits per heavy atom. The standard InChI is InChI=1S/C13H17Cl2N/c1-3-5-6-13(16-4-2)11-9-10(14)7-8-12(11)15/h3,7-9,13,16H,1,4-6H2,2H3. The molecule has 3 heteroatoms. The van der Waals surface area contributed by atoms with Crippen LogP contribution in [0.2, 0.25) is 10.0 Å². The van der Waals surface area contributed by atoms with Crippen molar-refractivity contribution in [2.75, 3.05) is 6.54 Å². The molecule has 0 aromatic heterocycles. The quantitative estimate of drug-likeness (QED) is 0.734. The number of benzene rings is 1. The molecule has 1 unspecified atom stereocenters. The highest BCUT2D eigenvalue weighted by Gasteiger charge is 2.13. The third kappa shape index (κ3) is 3.82. The summed E-state index contributed by atoms with van der Waals surface area (Å²) >= 11 is 12.2. The maximum Gasteiger partial charge on any atom is 0.0454 e. The molecule has 1 atom stereocenters. The summed E-state index contributed by atoms with van der Waals surface area (Å²) in [6, 6.07) is 5.83. The highest BCUT2D eigenvalue weighted by molar-refractivity contribution is 6.33. The zero-order valence-electron chi connectivity index (χ0n) is 9.47. The molecule has 0 aliphatic heterocycles. The van der Waals surface area contributed by atoms with E-state index in [-0.39, 0.29) is 6.04 Å². The Hall–Kier alpha value is -0.500. The van der Waals surface area contributed by atoms with Crippen LogP contribution in [0.5, 0.6) is 0 Å². The van der Waals surface area contributed by atoms with Gasteiger partial charge in [-0.3, -0.25) is 0 Å². The van der Waals surface area contributed by atoms with Crippen LogP contribution in [0.25, 0.3) is 0 Å². The third-order valence-corrected chi connectivity index (χ3v) is 3.02. The van der Waals surface area contributed by atoms with Gasteiger partial charge in [-0.1, -0.05) is 36.2 Å². The van der Waals surface area contributed by atoms with E-state index >= 15 is 0 Å². The molecule has 0 bridgehead atoms. The van der Waals surface area contributed by atoms with E-state index in [1.54, 1.807) is 0 Å². The lowest BCUT2D eigenvalue weighted by atomic mass is 10.0. The van der Waals surface area contributed by atoms with Gasteiger partial charge in [-0.25, -0.2) is 0 Å². The van der Waals surface area contributed by atoms with Crippen LogP contribution in [0.3, 0.4) is 0 Å². The van der Waals surface area contributed by atoms with Gasteiger partial charge in [0.15, 0.2) is 0 Å². The lowest BCUT2D eigenvalue weighted by Gasteiger charge is -2.19. The summed E-state index contributed by atoms with van der Waals surface area (Å²) in [6.45, 7) is 6.73. The molecule has 0 aliphatic rings. The molecule has 0 saturated heterocycles. The van der Waals surface area contributed by atoms with E-state index in [4.69, 9.17) is 23.2 Å². The normalized spacial score (nSPS) is 12.4. The van der Waals surface area contributed by atoms with Crippen molar-refractivity contribution >= 4 is 23.2 Å². The van der Waals surface area contributed by atoms with Crippen molar-refractivity contribution in [3.8, 4) is 0 Å². The second-order valence-corrected chi connectivity index (χ2v) is 4.49. The van der Waals surface area contributed by atoms with Crippen LogP contribution >= 0.6 is 23.2 Å². The van der Waals surface area contributed by atoms with Crippen molar-refractivity contribution < 1.29 is 0 Å². The highest BCUT2D eigenvalue weighted by atomic mass is 35.5. The highest BCUT2D eigenvalue weighted by Crippen LogP contribution is 2.28. The molecule has 1 aromatic carbocycles. The monoisotopic (exact) mass is 257 g/mol. The molecule has 16 heavy (non-hydrogen) atoms. The fraction of sp³-hybridized carbons (Fsp3) is 0.385. The van der Waals surface area contributed by atoms with Crippen molar-refractivity contribution in [1.82, 2.24) is 5.32 Å². The second-order valence-electron chi connectivity index (χ2n) is 3.64. The van der Waals surface area contributed by atoms with Crippen LogP contribution in [0.1, 0.15) is 31.4 Å². The molecular formula is C13H17Cl2N. The van der Waals surface area contributed by atoms with Gasteiger partial charge < -0.3 is 5.32 Å². The summed E-state index contributed by atoms with van der Waals surface area (Å²) in [5, 5.41) is 4.90. The SMILES string of the molecule is C=CCCC(NCC)c1cc(Cl)ccc1Cl. The van der Waals surface area contributed by atoms with Gasteiger partial charge in [0.2, 0.25) is 0 Å². The molecule has 0 spiro atoms. The van der Waals surface area contributed by atoms with Crippen LogP contribution in [0.15, 0.2) is 30.9 Å². The third-order valence-electron chi connectivity index (χ3n) is 2.44. The number of rotatable bonds is 6. The van der Waals surface area contributed by atoms with E-state index in [2.05, 4.69) is 18.8 Å². The first-order valence-electron chi connectivity index (χ1n) is 5.48. The predicted octanol–water partition coefficient (Wildman–Crippen LogP) is 4.61. The Kier molecular flexibility index (Phi) is 5.89. The van der Waals surface area contributed by atoms with E-state index in [1.807, 2.05) is 24.3 Å². The average Bonchev–Trinajstić information content (AvgIpc) is 2.28. The predicted molar refractivity (Wildman–Crippen MR) is 72.3 cm³/mol. The van der Waals surface area contributed by atoms with Gasteiger partial charge in [0.25, 0.3) is 0 Å². The van der Waals surface area contributed by atoms with E-state index < -0.39 is 0 Å². The Balaban J connectivity index is 2.89. The summed E-state index contributed by atoms with van der Waals surface area (Å²) < 4.78 is 0. The van der Waals surface area contributed by atoms with Crippen molar-refractivity contribution in [3.05, 3.63) is 46.5 Å². The molecule has 0 aliphatic carbocycles. The number of hydrogen-bond acceptors (Lipinski definition) is 1. The van der Waals surface area contributed by atoms with Gasteiger partial charge in [0.05, 0.1) is 0 Å². The molecule has 1 aromatic rings. The summed E-state index contributed by atoms with van der Waals surface area (Å²) in [6.07, 6.45) is 3.86. The van der Waals surface area contributed by atoms with E-state index in [0.29, 0.717) is 0 Å². The van der Waals surface area contributed by atoms with Crippen LogP contribution in [-0.2, 0) is 0 Å². The number of halogens is 2. The van der Waals surface area contributed by atoms with Crippen molar-refractivity contribution in [2.45, 2.75) is 25.8 Å². The molecule has 1 rings (SSSR count). The minimum Gasteiger partial charge on any atom is -0.310 e. The maximum absolute atomic E-state index is 6.18. The molecule has 1 nitrogen and oxygen atoms in total. The topological polar surface area (TPSA) is 12.0 Å². The van der Waals surface area contributed by atoms with E-state index in [0.717, 1.165) is 35.0 Å². The molecule has 0 radical (unpaired) electrons. The first-order valence-corrected chi connectivity index (χ1v) is 6.23. The van der Waals surface area contributed by atoms with E-state index in [9.17, 15) is 0 Å². The zero-order valence-corrected chi connectivity index (χ0v) is 11.0. The van der Waals surface area contributed by atoms with Crippen LogP contribution in [-0.4, -0.2) is 6.54 Å². The number of allylic oxidation sites excluding steroid dienone is 1. The summed E-state index contributed by atoms with van der Waals surface area (Å²) in [7, 11) is 0. The summed E-state index contributed by atoms with van der Waals surface area (Å²) in [4.78, 5) is 0. The second kappa shape index (κ2) is 6.95. The van der Waals surface area contributed by atoms with E-state index in [1.165, 1.54) is 0 Å². The lowest BCUT2D eigenvalue weighted by molar-refractivity contribution is 0.520. The molecule has 0 heterocycles.